The van der Waals surface area contributed by atoms with Crippen molar-refractivity contribution in [3.8, 4) is 22.9 Å². The fraction of sp³-hybridized carbons (Fsp3) is 0.200. The van der Waals surface area contributed by atoms with Gasteiger partial charge in [-0.05, 0) is 45.8 Å². The van der Waals surface area contributed by atoms with Gasteiger partial charge in [-0.2, -0.15) is 0 Å². The van der Waals surface area contributed by atoms with Gasteiger partial charge in [-0.3, -0.25) is 0 Å². The van der Waals surface area contributed by atoms with Crippen molar-refractivity contribution in [3.05, 3.63) is 106 Å². The summed E-state index contributed by atoms with van der Waals surface area (Å²) in [6.07, 6.45) is 9.91. The molecule has 0 aliphatic rings. The zero-order chi connectivity index (χ0) is 31.6. The molecule has 4 heterocycles. The lowest BCUT2D eigenvalue weighted by molar-refractivity contribution is 0.0591. The maximum Gasteiger partial charge on any atom is 0.339 e. The Morgan fingerprint density at radius 2 is 1.27 bits per heavy atom. The summed E-state index contributed by atoms with van der Waals surface area (Å²) >= 11 is 9.26. The molecule has 0 aliphatic carbocycles. The molecule has 5 rings (SSSR count). The Bertz CT molecular complexity index is 1740. The van der Waals surface area contributed by atoms with Gasteiger partial charge in [0.2, 0.25) is 11.8 Å². The summed E-state index contributed by atoms with van der Waals surface area (Å²) in [5.41, 5.74) is 2.21. The number of imidazole rings is 2. The maximum absolute atomic E-state index is 11.8. The topological polar surface area (TPSA) is 132 Å². The minimum Gasteiger partial charge on any atom is -0.469 e. The molecule has 0 radical (unpaired) electrons. The standard InChI is InChI=1S/C18H16ClN3O3.C12H12BrN3O3/c1-22-8-7-20-16(22)11-25-17-15(12-3-5-14(19)6-4-12)9-13(10-21-17)18(23)24-2;1-16-4-3-14-10(16)7-19-11-9(13)5-8(6-15-11)12(17)18-2/h3-10H,11H2,1-2H3;3-6H,7H2,1-2H3. The summed E-state index contributed by atoms with van der Waals surface area (Å²) in [5.74, 6) is 1.45. The molecular weight excluding hydrogens is 656 g/mol. The van der Waals surface area contributed by atoms with E-state index in [4.69, 9.17) is 25.8 Å². The van der Waals surface area contributed by atoms with Crippen LogP contribution in [0, 0.1) is 0 Å². The number of aryl methyl sites for hydroxylation is 2. The number of pyridine rings is 2. The highest BCUT2D eigenvalue weighted by Crippen LogP contribution is 2.31. The minimum absolute atomic E-state index is 0.259. The number of carbonyl (C=O) groups excluding carboxylic acids is 2. The highest BCUT2D eigenvalue weighted by molar-refractivity contribution is 9.10. The number of rotatable bonds is 9. The minimum atomic E-state index is -0.460. The molecule has 0 atom stereocenters. The van der Waals surface area contributed by atoms with Crippen molar-refractivity contribution in [1.29, 1.82) is 0 Å². The first-order valence-electron chi connectivity index (χ1n) is 13.0. The van der Waals surface area contributed by atoms with Crippen molar-refractivity contribution >= 4 is 39.5 Å². The molecule has 0 saturated carbocycles. The highest BCUT2D eigenvalue weighted by atomic mass is 79.9. The number of carbonyl (C=O) groups is 2. The van der Waals surface area contributed by atoms with Crippen LogP contribution < -0.4 is 9.47 Å². The summed E-state index contributed by atoms with van der Waals surface area (Å²) in [6.45, 7) is 0.557. The smallest absolute Gasteiger partial charge is 0.339 e. The number of halogens is 2. The Labute approximate surface area is 266 Å². The third-order valence-electron chi connectivity index (χ3n) is 6.17. The molecule has 12 nitrogen and oxygen atoms in total. The Hall–Kier alpha value is -4.75. The van der Waals surface area contributed by atoms with E-state index in [0.29, 0.717) is 44.6 Å². The van der Waals surface area contributed by atoms with Gasteiger partial charge in [0, 0.05) is 61.9 Å². The van der Waals surface area contributed by atoms with Gasteiger partial charge < -0.3 is 28.1 Å². The van der Waals surface area contributed by atoms with Gasteiger partial charge in [0.15, 0.2) is 0 Å². The first-order valence-corrected chi connectivity index (χ1v) is 14.1. The van der Waals surface area contributed by atoms with Crippen molar-refractivity contribution in [1.82, 2.24) is 29.1 Å². The quantitative estimate of drug-likeness (QED) is 0.185. The van der Waals surface area contributed by atoms with E-state index in [1.807, 2.05) is 47.8 Å². The van der Waals surface area contributed by atoms with Crippen LogP contribution in [0.2, 0.25) is 5.02 Å². The van der Waals surface area contributed by atoms with E-state index in [1.165, 1.54) is 26.6 Å². The van der Waals surface area contributed by atoms with Crippen LogP contribution in [-0.4, -0.2) is 55.2 Å². The van der Waals surface area contributed by atoms with Crippen LogP contribution >= 0.6 is 27.5 Å². The number of aromatic nitrogens is 6. The van der Waals surface area contributed by atoms with Crippen molar-refractivity contribution in [3.63, 3.8) is 0 Å². The van der Waals surface area contributed by atoms with E-state index in [1.54, 1.807) is 36.7 Å². The molecular formula is C30H28BrClN6O6. The van der Waals surface area contributed by atoms with E-state index in [9.17, 15) is 9.59 Å². The lowest BCUT2D eigenvalue weighted by atomic mass is 10.1. The Kier molecular flexibility index (Phi) is 11.1. The lowest BCUT2D eigenvalue weighted by Crippen LogP contribution is -2.07. The second-order valence-corrected chi connectivity index (χ2v) is 10.4. The van der Waals surface area contributed by atoms with Crippen molar-refractivity contribution in [2.45, 2.75) is 13.2 Å². The molecule has 4 aromatic heterocycles. The Morgan fingerprint density at radius 3 is 1.75 bits per heavy atom. The second-order valence-electron chi connectivity index (χ2n) is 9.06. The van der Waals surface area contributed by atoms with Crippen molar-refractivity contribution in [2.75, 3.05) is 14.2 Å². The molecule has 0 bridgehead atoms. The highest BCUT2D eigenvalue weighted by Gasteiger charge is 2.15. The third-order valence-corrected chi connectivity index (χ3v) is 6.99. The normalized spacial score (nSPS) is 10.4. The summed E-state index contributed by atoms with van der Waals surface area (Å²) in [4.78, 5) is 39.9. The molecule has 0 fully saturated rings. The summed E-state index contributed by atoms with van der Waals surface area (Å²) < 4.78 is 25.1. The van der Waals surface area contributed by atoms with Gasteiger partial charge >= 0.3 is 11.9 Å². The van der Waals surface area contributed by atoms with Gasteiger partial charge in [-0.25, -0.2) is 29.5 Å². The van der Waals surface area contributed by atoms with Crippen molar-refractivity contribution < 1.29 is 28.5 Å². The zero-order valence-corrected chi connectivity index (χ0v) is 26.6. The number of hydrogen-bond donors (Lipinski definition) is 0. The van der Waals surface area contributed by atoms with Crippen LogP contribution in [0.1, 0.15) is 32.4 Å². The molecule has 14 heteroatoms. The molecule has 0 unspecified atom stereocenters. The van der Waals surface area contributed by atoms with Crippen LogP contribution in [-0.2, 0) is 36.8 Å². The van der Waals surface area contributed by atoms with E-state index < -0.39 is 11.9 Å². The van der Waals surface area contributed by atoms with Crippen LogP contribution in [0.3, 0.4) is 0 Å². The largest absolute Gasteiger partial charge is 0.469 e. The molecule has 44 heavy (non-hydrogen) atoms. The second kappa shape index (κ2) is 15.1. The number of benzene rings is 1. The monoisotopic (exact) mass is 682 g/mol. The SMILES string of the molecule is COC(=O)c1cnc(OCc2nccn2C)c(-c2ccc(Cl)cc2)c1.COC(=O)c1cnc(OCc2nccn2C)c(Br)c1. The lowest BCUT2D eigenvalue weighted by Gasteiger charge is -2.12. The van der Waals surface area contributed by atoms with Crippen LogP contribution in [0.25, 0.3) is 11.1 Å². The number of esters is 2. The third kappa shape index (κ3) is 8.20. The van der Waals surface area contributed by atoms with Gasteiger partial charge in [-0.15, -0.1) is 0 Å². The first-order chi connectivity index (χ1) is 21.2. The van der Waals surface area contributed by atoms with Crippen LogP contribution in [0.15, 0.2) is 78.1 Å². The van der Waals surface area contributed by atoms with Crippen LogP contribution in [0.4, 0.5) is 0 Å². The molecule has 0 N–H and O–H groups in total. The predicted octanol–water partition coefficient (Wildman–Crippen LogP) is 5.44. The Balaban J connectivity index is 0.000000209. The fourth-order valence-electron chi connectivity index (χ4n) is 3.73. The van der Waals surface area contributed by atoms with E-state index in [-0.39, 0.29) is 6.61 Å². The van der Waals surface area contributed by atoms with E-state index >= 15 is 0 Å². The molecule has 0 amide bonds. The van der Waals surface area contributed by atoms with E-state index in [0.717, 1.165) is 17.2 Å². The molecule has 228 valence electrons. The molecule has 1 aromatic carbocycles. The summed E-state index contributed by atoms with van der Waals surface area (Å²) in [7, 11) is 6.42. The fourth-order valence-corrected chi connectivity index (χ4v) is 4.32. The Morgan fingerprint density at radius 1 is 0.773 bits per heavy atom. The molecule has 5 aromatic rings. The molecule has 0 spiro atoms. The number of methoxy groups -OCH3 is 2. The predicted molar refractivity (Wildman–Crippen MR) is 164 cm³/mol. The van der Waals surface area contributed by atoms with Crippen molar-refractivity contribution in [2.24, 2.45) is 14.1 Å². The zero-order valence-electron chi connectivity index (χ0n) is 24.2. The molecule has 0 aliphatic heterocycles. The van der Waals surface area contributed by atoms with E-state index in [2.05, 4.69) is 40.6 Å². The maximum atomic E-state index is 11.8. The van der Waals surface area contributed by atoms with Gasteiger partial charge in [0.25, 0.3) is 0 Å². The number of nitrogens with zero attached hydrogens (tertiary/aromatic N) is 6. The van der Waals surface area contributed by atoms with Gasteiger partial charge in [0.05, 0.1) is 29.8 Å². The molecule has 0 saturated heterocycles. The number of ether oxygens (including phenoxy) is 4. The van der Waals surface area contributed by atoms with Gasteiger partial charge in [-0.1, -0.05) is 23.7 Å². The van der Waals surface area contributed by atoms with Gasteiger partial charge in [0.1, 0.15) is 24.9 Å². The number of hydrogen-bond acceptors (Lipinski definition) is 10. The summed E-state index contributed by atoms with van der Waals surface area (Å²) in [6, 6.07) is 10.5. The summed E-state index contributed by atoms with van der Waals surface area (Å²) in [5, 5.41) is 0.622. The van der Waals surface area contributed by atoms with Crippen LogP contribution in [0.5, 0.6) is 11.8 Å². The average Bonchev–Trinajstić information content (AvgIpc) is 3.65. The average molecular weight is 684 g/mol. The first kappa shape index (κ1) is 32.2.